The molecule has 2 aromatic rings. The van der Waals surface area contributed by atoms with Crippen molar-refractivity contribution < 1.29 is 14.3 Å². The molecule has 1 aliphatic heterocycles. The van der Waals surface area contributed by atoms with E-state index in [1.165, 1.54) is 7.11 Å². The van der Waals surface area contributed by atoms with Gasteiger partial charge in [-0.05, 0) is 25.0 Å². The zero-order chi connectivity index (χ0) is 21.2. The van der Waals surface area contributed by atoms with E-state index in [2.05, 4.69) is 17.5 Å². The Balaban J connectivity index is 2.26. The molecule has 0 radical (unpaired) electrons. The average molecular weight is 387 g/mol. The highest BCUT2D eigenvalue weighted by atomic mass is 16.5. The molecular formula is C23H21N3O3. The Hall–Kier alpha value is -3.64. The van der Waals surface area contributed by atoms with Crippen LogP contribution in [0.15, 0.2) is 48.5 Å². The zero-order valence-electron chi connectivity index (χ0n) is 16.5. The Morgan fingerprint density at radius 1 is 0.966 bits per heavy atom. The normalized spacial score (nSPS) is 22.7. The molecule has 0 saturated carbocycles. The van der Waals surface area contributed by atoms with Crippen molar-refractivity contribution in [3.05, 3.63) is 70.8 Å². The molecule has 146 valence electrons. The summed E-state index contributed by atoms with van der Waals surface area (Å²) in [4.78, 5) is 25.5. The Morgan fingerprint density at radius 3 is 1.90 bits per heavy atom. The molecule has 0 spiro atoms. The molecule has 3 atom stereocenters. The Morgan fingerprint density at radius 2 is 1.45 bits per heavy atom. The number of amides is 1. The Kier molecular flexibility index (Phi) is 5.39. The van der Waals surface area contributed by atoms with Crippen molar-refractivity contribution in [2.45, 2.75) is 25.8 Å². The number of methoxy groups -OCH3 is 1. The first-order chi connectivity index (χ1) is 13.9. The third-order valence-electron chi connectivity index (χ3n) is 5.52. The molecule has 29 heavy (non-hydrogen) atoms. The number of piperidine rings is 1. The number of nitrogens with zero attached hydrogens (tertiary/aromatic N) is 2. The summed E-state index contributed by atoms with van der Waals surface area (Å²) in [5.41, 5.74) is 1.50. The van der Waals surface area contributed by atoms with E-state index >= 15 is 0 Å². The summed E-state index contributed by atoms with van der Waals surface area (Å²) < 4.78 is 4.86. The van der Waals surface area contributed by atoms with Gasteiger partial charge in [0.15, 0.2) is 5.41 Å². The van der Waals surface area contributed by atoms with Gasteiger partial charge in [0.2, 0.25) is 5.91 Å². The second-order valence-corrected chi connectivity index (χ2v) is 7.33. The number of nitriles is 2. The summed E-state index contributed by atoms with van der Waals surface area (Å²) in [7, 11) is 1.19. The largest absolute Gasteiger partial charge is 0.468 e. The van der Waals surface area contributed by atoms with Crippen molar-refractivity contribution in [3.8, 4) is 12.1 Å². The Labute approximate surface area is 169 Å². The lowest BCUT2D eigenvalue weighted by molar-refractivity contribution is -0.154. The van der Waals surface area contributed by atoms with Gasteiger partial charge in [-0.3, -0.25) is 9.59 Å². The molecule has 0 aromatic heterocycles. The van der Waals surface area contributed by atoms with Crippen molar-refractivity contribution >= 4 is 11.9 Å². The molecule has 1 aliphatic rings. The van der Waals surface area contributed by atoms with E-state index in [-0.39, 0.29) is 0 Å². The lowest BCUT2D eigenvalue weighted by atomic mass is 9.60. The maximum Gasteiger partial charge on any atom is 0.318 e. The van der Waals surface area contributed by atoms with Gasteiger partial charge in [0.25, 0.3) is 0 Å². The number of nitrogens with one attached hydrogen (secondary N) is 1. The van der Waals surface area contributed by atoms with Crippen LogP contribution >= 0.6 is 0 Å². The summed E-state index contributed by atoms with van der Waals surface area (Å²) in [5.74, 6) is -3.62. The van der Waals surface area contributed by atoms with E-state index in [4.69, 9.17) is 4.74 Å². The first-order valence-corrected chi connectivity index (χ1v) is 9.21. The monoisotopic (exact) mass is 387 g/mol. The molecule has 1 N–H and O–H groups in total. The molecule has 1 saturated heterocycles. The van der Waals surface area contributed by atoms with Crippen LogP contribution in [0.1, 0.15) is 34.2 Å². The number of hydrogen-bond donors (Lipinski definition) is 1. The summed E-state index contributed by atoms with van der Waals surface area (Å²) in [6.07, 6.45) is 0. The van der Waals surface area contributed by atoms with Crippen molar-refractivity contribution in [1.29, 1.82) is 10.5 Å². The van der Waals surface area contributed by atoms with Gasteiger partial charge in [0.05, 0.1) is 25.3 Å². The van der Waals surface area contributed by atoms with E-state index in [0.717, 1.165) is 11.1 Å². The van der Waals surface area contributed by atoms with Crippen LogP contribution in [-0.2, 0) is 14.3 Å². The molecule has 6 nitrogen and oxygen atoms in total. The smallest absolute Gasteiger partial charge is 0.318 e. The van der Waals surface area contributed by atoms with Gasteiger partial charge in [-0.2, -0.15) is 10.5 Å². The van der Waals surface area contributed by atoms with Crippen LogP contribution < -0.4 is 5.32 Å². The minimum absolute atomic E-state index is 0.561. The molecule has 3 unspecified atom stereocenters. The summed E-state index contributed by atoms with van der Waals surface area (Å²) in [5, 5.41) is 23.1. The fraction of sp³-hybridized carbons (Fsp3) is 0.304. The SMILES string of the molecule is COC(=O)C1C(=O)NC(c2ccc(C)cc2)C(C#N)(C#N)C1c1ccc(C)cc1. The van der Waals surface area contributed by atoms with Crippen LogP contribution in [0, 0.1) is 47.8 Å². The first kappa shape index (κ1) is 20.1. The minimum Gasteiger partial charge on any atom is -0.468 e. The molecule has 1 heterocycles. The molecule has 1 amide bonds. The average Bonchev–Trinajstić information content (AvgIpc) is 2.74. The highest BCUT2D eigenvalue weighted by Gasteiger charge is 2.59. The zero-order valence-corrected chi connectivity index (χ0v) is 16.5. The van der Waals surface area contributed by atoms with Crippen molar-refractivity contribution in [1.82, 2.24) is 5.32 Å². The second kappa shape index (κ2) is 7.77. The predicted octanol–water partition coefficient (Wildman–Crippen LogP) is 3.08. The number of aryl methyl sites for hydroxylation is 2. The van der Waals surface area contributed by atoms with Crippen LogP contribution in [0.5, 0.6) is 0 Å². The van der Waals surface area contributed by atoms with E-state index in [0.29, 0.717) is 11.1 Å². The molecule has 6 heteroatoms. The van der Waals surface area contributed by atoms with Crippen LogP contribution in [0.3, 0.4) is 0 Å². The van der Waals surface area contributed by atoms with E-state index < -0.39 is 35.2 Å². The third kappa shape index (κ3) is 3.34. The molecule has 2 aromatic carbocycles. The first-order valence-electron chi connectivity index (χ1n) is 9.21. The van der Waals surface area contributed by atoms with E-state index in [9.17, 15) is 20.1 Å². The quantitative estimate of drug-likeness (QED) is 0.644. The van der Waals surface area contributed by atoms with Gasteiger partial charge in [-0.15, -0.1) is 0 Å². The van der Waals surface area contributed by atoms with Gasteiger partial charge >= 0.3 is 5.97 Å². The maximum atomic E-state index is 13.0. The van der Waals surface area contributed by atoms with Gasteiger partial charge in [0, 0.05) is 5.92 Å². The summed E-state index contributed by atoms with van der Waals surface area (Å²) >= 11 is 0. The number of benzene rings is 2. The van der Waals surface area contributed by atoms with Gasteiger partial charge in [-0.25, -0.2) is 0 Å². The van der Waals surface area contributed by atoms with Crippen LogP contribution in [0.4, 0.5) is 0 Å². The minimum atomic E-state index is -1.70. The van der Waals surface area contributed by atoms with Crippen LogP contribution in [0.2, 0.25) is 0 Å². The van der Waals surface area contributed by atoms with Crippen LogP contribution in [-0.4, -0.2) is 19.0 Å². The van der Waals surface area contributed by atoms with Gasteiger partial charge < -0.3 is 10.1 Å². The molecular weight excluding hydrogens is 366 g/mol. The van der Waals surface area contributed by atoms with Crippen molar-refractivity contribution in [2.75, 3.05) is 7.11 Å². The lowest BCUT2D eigenvalue weighted by Gasteiger charge is -2.44. The van der Waals surface area contributed by atoms with Crippen LogP contribution in [0.25, 0.3) is 0 Å². The standard InChI is InChI=1S/C23H21N3O3/c1-14-4-8-16(9-5-14)19-18(22(28)29-3)21(27)26-20(23(19,12-24)13-25)17-10-6-15(2)7-11-17/h4-11,18-20H,1-3H3,(H,26,27). The number of carbonyl (C=O) groups excluding carboxylic acids is 2. The molecule has 1 fully saturated rings. The summed E-state index contributed by atoms with van der Waals surface area (Å²) in [6, 6.07) is 17.8. The van der Waals surface area contributed by atoms with Gasteiger partial charge in [-0.1, -0.05) is 59.7 Å². The number of ether oxygens (including phenoxy) is 1. The number of esters is 1. The summed E-state index contributed by atoms with van der Waals surface area (Å²) in [6.45, 7) is 3.83. The topological polar surface area (TPSA) is 103 Å². The highest BCUT2D eigenvalue weighted by molar-refractivity contribution is 6.00. The predicted molar refractivity (Wildman–Crippen MR) is 105 cm³/mol. The number of rotatable bonds is 3. The van der Waals surface area contributed by atoms with E-state index in [1.807, 2.05) is 38.1 Å². The number of hydrogen-bond acceptors (Lipinski definition) is 5. The Bertz CT molecular complexity index is 999. The molecule has 3 rings (SSSR count). The van der Waals surface area contributed by atoms with Gasteiger partial charge in [0.1, 0.15) is 5.92 Å². The lowest BCUT2D eigenvalue weighted by Crippen LogP contribution is -2.56. The highest BCUT2D eigenvalue weighted by Crippen LogP contribution is 2.52. The van der Waals surface area contributed by atoms with E-state index in [1.54, 1.807) is 24.3 Å². The second-order valence-electron chi connectivity index (χ2n) is 7.33. The maximum absolute atomic E-state index is 13.0. The molecule has 0 bridgehead atoms. The fourth-order valence-electron chi connectivity index (χ4n) is 3.94. The molecule has 0 aliphatic carbocycles. The fourth-order valence-corrected chi connectivity index (χ4v) is 3.94. The number of carbonyl (C=O) groups is 2. The van der Waals surface area contributed by atoms with Crippen molar-refractivity contribution in [2.24, 2.45) is 11.3 Å². The third-order valence-corrected chi connectivity index (χ3v) is 5.52. The van der Waals surface area contributed by atoms with Crippen molar-refractivity contribution in [3.63, 3.8) is 0 Å².